The number of nitrogens with one attached hydrogen (secondary N) is 1. The normalized spacial score (nSPS) is 14.8. The summed E-state index contributed by atoms with van der Waals surface area (Å²) in [5, 5.41) is 2.83. The van der Waals surface area contributed by atoms with Crippen molar-refractivity contribution in [2.24, 2.45) is 0 Å². The van der Waals surface area contributed by atoms with Crippen molar-refractivity contribution in [1.82, 2.24) is 15.3 Å². The first-order chi connectivity index (χ1) is 11.1. The highest BCUT2D eigenvalue weighted by Gasteiger charge is 2.15. The summed E-state index contributed by atoms with van der Waals surface area (Å²) in [5.41, 5.74) is 0.548. The first-order valence-corrected chi connectivity index (χ1v) is 7.63. The van der Waals surface area contributed by atoms with Crippen molar-refractivity contribution in [3.63, 3.8) is 0 Å². The fourth-order valence-electron chi connectivity index (χ4n) is 2.55. The molecule has 3 heterocycles. The van der Waals surface area contributed by atoms with E-state index in [-0.39, 0.29) is 12.5 Å². The summed E-state index contributed by atoms with van der Waals surface area (Å²) in [6.07, 6.45) is 1.71. The number of amides is 1. The lowest BCUT2D eigenvalue weighted by Gasteiger charge is -2.27. The van der Waals surface area contributed by atoms with E-state index in [0.29, 0.717) is 30.4 Å². The molecule has 3 rings (SSSR count). The van der Waals surface area contributed by atoms with Crippen LogP contribution in [0.2, 0.25) is 0 Å². The SMILES string of the molecule is Cc1cc(C(=O)NCc2nccc(N3CCOCC3)n2)c(C)o1. The van der Waals surface area contributed by atoms with Crippen LogP contribution in [0.4, 0.5) is 5.82 Å². The predicted octanol–water partition coefficient (Wildman–Crippen LogP) is 1.45. The van der Waals surface area contributed by atoms with Crippen molar-refractivity contribution in [2.75, 3.05) is 31.2 Å². The van der Waals surface area contributed by atoms with Gasteiger partial charge in [0.15, 0.2) is 0 Å². The number of aromatic nitrogens is 2. The van der Waals surface area contributed by atoms with Crippen molar-refractivity contribution in [2.45, 2.75) is 20.4 Å². The minimum absolute atomic E-state index is 0.181. The van der Waals surface area contributed by atoms with Gasteiger partial charge >= 0.3 is 0 Å². The smallest absolute Gasteiger partial charge is 0.255 e. The van der Waals surface area contributed by atoms with E-state index in [1.54, 1.807) is 19.2 Å². The molecule has 0 unspecified atom stereocenters. The maximum absolute atomic E-state index is 12.2. The van der Waals surface area contributed by atoms with Crippen molar-refractivity contribution < 1.29 is 13.9 Å². The van der Waals surface area contributed by atoms with Crippen LogP contribution in [-0.4, -0.2) is 42.2 Å². The molecule has 122 valence electrons. The van der Waals surface area contributed by atoms with Crippen molar-refractivity contribution in [1.29, 1.82) is 0 Å². The van der Waals surface area contributed by atoms with Crippen molar-refractivity contribution in [3.8, 4) is 0 Å². The molecule has 1 fully saturated rings. The van der Waals surface area contributed by atoms with Gasteiger partial charge in [-0.2, -0.15) is 0 Å². The van der Waals surface area contributed by atoms with Gasteiger partial charge in [0.1, 0.15) is 23.2 Å². The van der Waals surface area contributed by atoms with Gasteiger partial charge in [0.25, 0.3) is 5.91 Å². The molecular weight excluding hydrogens is 296 g/mol. The summed E-state index contributed by atoms with van der Waals surface area (Å²) in [7, 11) is 0. The summed E-state index contributed by atoms with van der Waals surface area (Å²) in [5.74, 6) is 2.60. The topological polar surface area (TPSA) is 80.5 Å². The zero-order valence-corrected chi connectivity index (χ0v) is 13.3. The van der Waals surface area contributed by atoms with Gasteiger partial charge < -0.3 is 19.4 Å². The van der Waals surface area contributed by atoms with Crippen LogP contribution < -0.4 is 10.2 Å². The molecule has 1 aliphatic heterocycles. The van der Waals surface area contributed by atoms with Crippen LogP contribution in [0.5, 0.6) is 0 Å². The van der Waals surface area contributed by atoms with Gasteiger partial charge in [0.05, 0.1) is 25.3 Å². The van der Waals surface area contributed by atoms with Crippen LogP contribution in [0.25, 0.3) is 0 Å². The summed E-state index contributed by atoms with van der Waals surface area (Å²) in [6, 6.07) is 3.61. The molecule has 1 amide bonds. The second-order valence-electron chi connectivity index (χ2n) is 5.44. The highest BCUT2D eigenvalue weighted by Crippen LogP contribution is 2.14. The second-order valence-corrected chi connectivity index (χ2v) is 5.44. The highest BCUT2D eigenvalue weighted by molar-refractivity contribution is 5.95. The number of furan rings is 1. The fourth-order valence-corrected chi connectivity index (χ4v) is 2.55. The lowest BCUT2D eigenvalue weighted by atomic mass is 10.2. The van der Waals surface area contributed by atoms with Crippen LogP contribution in [0.3, 0.4) is 0 Å². The van der Waals surface area contributed by atoms with Gasteiger partial charge in [0.2, 0.25) is 0 Å². The second kappa shape index (κ2) is 6.78. The Kier molecular flexibility index (Phi) is 4.57. The fraction of sp³-hybridized carbons (Fsp3) is 0.438. The quantitative estimate of drug-likeness (QED) is 0.919. The minimum atomic E-state index is -0.181. The molecule has 1 aliphatic rings. The monoisotopic (exact) mass is 316 g/mol. The Hall–Kier alpha value is -2.41. The third kappa shape index (κ3) is 3.68. The predicted molar refractivity (Wildman–Crippen MR) is 84.4 cm³/mol. The Morgan fingerprint density at radius 2 is 2.13 bits per heavy atom. The largest absolute Gasteiger partial charge is 0.466 e. The average molecular weight is 316 g/mol. The molecule has 0 saturated carbocycles. The van der Waals surface area contributed by atoms with E-state index >= 15 is 0 Å². The molecule has 0 bridgehead atoms. The summed E-state index contributed by atoms with van der Waals surface area (Å²) in [4.78, 5) is 23.1. The number of nitrogens with zero attached hydrogens (tertiary/aromatic N) is 3. The van der Waals surface area contributed by atoms with E-state index < -0.39 is 0 Å². The number of anilines is 1. The molecular formula is C16H20N4O3. The molecule has 1 N–H and O–H groups in total. The van der Waals surface area contributed by atoms with Crippen LogP contribution in [-0.2, 0) is 11.3 Å². The summed E-state index contributed by atoms with van der Waals surface area (Å²) >= 11 is 0. The van der Waals surface area contributed by atoms with E-state index in [9.17, 15) is 4.79 Å². The van der Waals surface area contributed by atoms with Crippen LogP contribution in [0.15, 0.2) is 22.7 Å². The number of carbonyl (C=O) groups is 1. The van der Waals surface area contributed by atoms with E-state index in [2.05, 4.69) is 20.2 Å². The third-order valence-corrected chi connectivity index (χ3v) is 3.72. The van der Waals surface area contributed by atoms with Crippen LogP contribution in [0.1, 0.15) is 27.7 Å². The Bertz CT molecular complexity index is 692. The number of aryl methyl sites for hydroxylation is 2. The van der Waals surface area contributed by atoms with E-state index in [1.807, 2.05) is 13.0 Å². The third-order valence-electron chi connectivity index (χ3n) is 3.72. The van der Waals surface area contributed by atoms with Gasteiger partial charge in [-0.1, -0.05) is 0 Å². The van der Waals surface area contributed by atoms with E-state index in [4.69, 9.17) is 9.15 Å². The Labute approximate surface area is 134 Å². The molecule has 23 heavy (non-hydrogen) atoms. The number of rotatable bonds is 4. The van der Waals surface area contributed by atoms with Crippen molar-refractivity contribution in [3.05, 3.63) is 41.2 Å². The molecule has 0 atom stereocenters. The van der Waals surface area contributed by atoms with E-state index in [1.165, 1.54) is 0 Å². The Morgan fingerprint density at radius 3 is 2.83 bits per heavy atom. The lowest BCUT2D eigenvalue weighted by Crippen LogP contribution is -2.37. The van der Waals surface area contributed by atoms with Gasteiger partial charge in [-0.05, 0) is 26.0 Å². The molecule has 7 heteroatoms. The first-order valence-electron chi connectivity index (χ1n) is 7.63. The highest BCUT2D eigenvalue weighted by atomic mass is 16.5. The van der Waals surface area contributed by atoms with Crippen LogP contribution >= 0.6 is 0 Å². The molecule has 0 aliphatic carbocycles. The minimum Gasteiger partial charge on any atom is -0.466 e. The van der Waals surface area contributed by atoms with Gasteiger partial charge in [0, 0.05) is 19.3 Å². The van der Waals surface area contributed by atoms with Crippen molar-refractivity contribution >= 4 is 11.7 Å². The lowest BCUT2D eigenvalue weighted by molar-refractivity contribution is 0.0948. The molecule has 0 radical (unpaired) electrons. The maximum atomic E-state index is 12.2. The molecule has 2 aromatic rings. The first kappa shape index (κ1) is 15.5. The molecule has 2 aromatic heterocycles. The maximum Gasteiger partial charge on any atom is 0.255 e. The van der Waals surface area contributed by atoms with Gasteiger partial charge in [-0.25, -0.2) is 9.97 Å². The number of morpholine rings is 1. The molecule has 0 aromatic carbocycles. The average Bonchev–Trinajstić information content (AvgIpc) is 2.92. The summed E-state index contributed by atoms with van der Waals surface area (Å²) < 4.78 is 10.7. The van der Waals surface area contributed by atoms with E-state index in [0.717, 1.165) is 24.7 Å². The molecule has 7 nitrogen and oxygen atoms in total. The number of ether oxygens (including phenoxy) is 1. The zero-order chi connectivity index (χ0) is 16.2. The summed E-state index contributed by atoms with van der Waals surface area (Å²) in [6.45, 7) is 6.91. The zero-order valence-electron chi connectivity index (χ0n) is 13.3. The van der Waals surface area contributed by atoms with Gasteiger partial charge in [-0.15, -0.1) is 0 Å². The Morgan fingerprint density at radius 1 is 1.35 bits per heavy atom. The number of carbonyl (C=O) groups excluding carboxylic acids is 1. The van der Waals surface area contributed by atoms with Crippen LogP contribution in [0, 0.1) is 13.8 Å². The number of hydrogen-bond donors (Lipinski definition) is 1. The standard InChI is InChI=1S/C16H20N4O3/c1-11-9-13(12(2)23-11)16(21)18-10-14-17-4-3-15(19-14)20-5-7-22-8-6-20/h3-4,9H,5-8,10H2,1-2H3,(H,18,21). The number of hydrogen-bond acceptors (Lipinski definition) is 6. The molecule has 0 spiro atoms. The van der Waals surface area contributed by atoms with Gasteiger partial charge in [-0.3, -0.25) is 4.79 Å². The molecule has 1 saturated heterocycles. The Balaban J connectivity index is 1.64.